The van der Waals surface area contributed by atoms with Crippen LogP contribution in [-0.2, 0) is 4.74 Å². The normalized spacial score (nSPS) is 20.2. The molecular formula is C21H34N4O2. The zero-order valence-electron chi connectivity index (χ0n) is 16.8. The van der Waals surface area contributed by atoms with Crippen molar-refractivity contribution < 1.29 is 9.15 Å². The number of nitrogens with zero attached hydrogens (tertiary/aromatic N) is 2. The van der Waals surface area contributed by atoms with Gasteiger partial charge in [-0.25, -0.2) is 0 Å². The Hall–Kier alpha value is -1.79. The van der Waals surface area contributed by atoms with Gasteiger partial charge in [-0.1, -0.05) is 11.6 Å². The molecule has 0 aromatic carbocycles. The van der Waals surface area contributed by atoms with E-state index >= 15 is 0 Å². The highest BCUT2D eigenvalue weighted by atomic mass is 16.5. The van der Waals surface area contributed by atoms with E-state index in [0.717, 1.165) is 63.3 Å². The van der Waals surface area contributed by atoms with Gasteiger partial charge in [0.2, 0.25) is 0 Å². The van der Waals surface area contributed by atoms with Gasteiger partial charge in [-0.3, -0.25) is 9.89 Å². The van der Waals surface area contributed by atoms with Crippen LogP contribution in [0.1, 0.15) is 49.7 Å². The molecule has 0 amide bonds. The van der Waals surface area contributed by atoms with E-state index in [2.05, 4.69) is 32.7 Å². The lowest BCUT2D eigenvalue weighted by Gasteiger charge is -2.33. The largest absolute Gasteiger partial charge is 0.465 e. The van der Waals surface area contributed by atoms with Crippen molar-refractivity contribution in [3.8, 4) is 0 Å². The number of nitrogens with one attached hydrogen (secondary N) is 2. The molecule has 1 aromatic heterocycles. The van der Waals surface area contributed by atoms with Gasteiger partial charge < -0.3 is 19.8 Å². The van der Waals surface area contributed by atoms with Crippen LogP contribution >= 0.6 is 0 Å². The molecule has 1 saturated heterocycles. The Bertz CT molecular complexity index is 632. The topological polar surface area (TPSA) is 62.0 Å². The zero-order chi connectivity index (χ0) is 18.9. The molecule has 0 radical (unpaired) electrons. The predicted molar refractivity (Wildman–Crippen MR) is 109 cm³/mol. The van der Waals surface area contributed by atoms with E-state index in [9.17, 15) is 0 Å². The molecule has 150 valence electrons. The van der Waals surface area contributed by atoms with Crippen molar-refractivity contribution in [2.45, 2.75) is 45.1 Å². The third-order valence-electron chi connectivity index (χ3n) is 5.39. The van der Waals surface area contributed by atoms with E-state index in [-0.39, 0.29) is 6.04 Å². The monoisotopic (exact) mass is 374 g/mol. The van der Waals surface area contributed by atoms with Gasteiger partial charge in [-0.05, 0) is 51.2 Å². The first-order chi connectivity index (χ1) is 13.3. The van der Waals surface area contributed by atoms with Crippen LogP contribution in [-0.4, -0.2) is 57.3 Å². The van der Waals surface area contributed by atoms with Gasteiger partial charge in [0.05, 0.1) is 19.3 Å². The lowest BCUT2D eigenvalue weighted by atomic mass is 9.97. The van der Waals surface area contributed by atoms with Gasteiger partial charge in [-0.2, -0.15) is 0 Å². The number of ether oxygens (including phenoxy) is 1. The fourth-order valence-corrected chi connectivity index (χ4v) is 3.82. The molecule has 3 rings (SSSR count). The molecule has 1 aliphatic carbocycles. The third-order valence-corrected chi connectivity index (χ3v) is 5.39. The second kappa shape index (κ2) is 10.5. The molecule has 2 aliphatic rings. The summed E-state index contributed by atoms with van der Waals surface area (Å²) in [7, 11) is 1.83. The molecule has 27 heavy (non-hydrogen) atoms. The maximum absolute atomic E-state index is 5.94. The van der Waals surface area contributed by atoms with Crippen molar-refractivity contribution in [2.24, 2.45) is 4.99 Å². The summed E-state index contributed by atoms with van der Waals surface area (Å²) >= 11 is 0. The van der Waals surface area contributed by atoms with Gasteiger partial charge in [0.15, 0.2) is 5.96 Å². The zero-order valence-corrected chi connectivity index (χ0v) is 16.8. The van der Waals surface area contributed by atoms with E-state index in [1.54, 1.807) is 5.57 Å². The molecule has 1 aliphatic heterocycles. The van der Waals surface area contributed by atoms with Gasteiger partial charge >= 0.3 is 0 Å². The molecule has 1 unspecified atom stereocenters. The summed E-state index contributed by atoms with van der Waals surface area (Å²) in [6.07, 6.45) is 8.69. The van der Waals surface area contributed by atoms with Crippen molar-refractivity contribution in [1.29, 1.82) is 0 Å². The summed E-state index contributed by atoms with van der Waals surface area (Å²) in [6.45, 7) is 7.08. The third kappa shape index (κ3) is 6.11. The molecule has 2 N–H and O–H groups in total. The smallest absolute Gasteiger partial charge is 0.191 e. The van der Waals surface area contributed by atoms with Gasteiger partial charge in [0.1, 0.15) is 11.5 Å². The van der Waals surface area contributed by atoms with Crippen LogP contribution in [0.25, 0.3) is 0 Å². The van der Waals surface area contributed by atoms with Crippen molar-refractivity contribution in [1.82, 2.24) is 15.5 Å². The number of aryl methyl sites for hydroxylation is 1. The first-order valence-corrected chi connectivity index (χ1v) is 10.3. The summed E-state index contributed by atoms with van der Waals surface area (Å²) in [5.74, 6) is 2.81. The molecule has 0 spiro atoms. The Morgan fingerprint density at radius 1 is 1.22 bits per heavy atom. The summed E-state index contributed by atoms with van der Waals surface area (Å²) in [5.41, 5.74) is 1.58. The number of allylic oxidation sites excluding steroid dienone is 1. The molecule has 0 bridgehead atoms. The highest BCUT2D eigenvalue weighted by molar-refractivity contribution is 5.79. The molecule has 1 atom stereocenters. The Balaban J connectivity index is 1.52. The minimum absolute atomic E-state index is 0.183. The minimum Gasteiger partial charge on any atom is -0.465 e. The maximum atomic E-state index is 5.94. The van der Waals surface area contributed by atoms with Gasteiger partial charge in [0, 0.05) is 33.2 Å². The van der Waals surface area contributed by atoms with Gasteiger partial charge in [-0.15, -0.1) is 0 Å². The van der Waals surface area contributed by atoms with Crippen LogP contribution in [0.5, 0.6) is 0 Å². The van der Waals surface area contributed by atoms with Crippen LogP contribution in [0.2, 0.25) is 0 Å². The fourth-order valence-electron chi connectivity index (χ4n) is 3.82. The van der Waals surface area contributed by atoms with E-state index in [1.165, 1.54) is 25.7 Å². The van der Waals surface area contributed by atoms with Crippen LogP contribution in [0.3, 0.4) is 0 Å². The average Bonchev–Trinajstić information content (AvgIpc) is 3.14. The highest BCUT2D eigenvalue weighted by Crippen LogP contribution is 2.23. The van der Waals surface area contributed by atoms with Crippen LogP contribution in [0.4, 0.5) is 0 Å². The average molecular weight is 375 g/mol. The summed E-state index contributed by atoms with van der Waals surface area (Å²) in [4.78, 5) is 6.81. The summed E-state index contributed by atoms with van der Waals surface area (Å²) in [6, 6.07) is 4.30. The van der Waals surface area contributed by atoms with E-state index in [4.69, 9.17) is 9.15 Å². The Labute approximate surface area is 163 Å². The quantitative estimate of drug-likeness (QED) is 0.436. The number of furan rings is 1. The molecular weight excluding hydrogens is 340 g/mol. The lowest BCUT2D eigenvalue weighted by Crippen LogP contribution is -2.46. The standard InChI is InChI=1S/C21H34N4O2/c1-17-8-9-20(27-17)19(25-12-14-26-15-13-25)16-24-21(22-2)23-11-10-18-6-4-3-5-7-18/h6,8-9,19H,3-5,7,10-16H2,1-2H3,(H2,22,23,24). The molecule has 0 saturated carbocycles. The van der Waals surface area contributed by atoms with Crippen molar-refractivity contribution in [2.75, 3.05) is 46.4 Å². The number of hydrogen-bond acceptors (Lipinski definition) is 4. The predicted octanol–water partition coefficient (Wildman–Crippen LogP) is 3.02. The number of rotatable bonds is 7. The lowest BCUT2D eigenvalue weighted by molar-refractivity contribution is 0.0124. The highest BCUT2D eigenvalue weighted by Gasteiger charge is 2.25. The second-order valence-corrected chi connectivity index (χ2v) is 7.35. The molecule has 1 fully saturated rings. The number of hydrogen-bond donors (Lipinski definition) is 2. The Morgan fingerprint density at radius 2 is 2.07 bits per heavy atom. The maximum Gasteiger partial charge on any atom is 0.191 e. The molecule has 2 heterocycles. The van der Waals surface area contributed by atoms with E-state index < -0.39 is 0 Å². The molecule has 6 heteroatoms. The summed E-state index contributed by atoms with van der Waals surface area (Å²) in [5, 5.41) is 6.95. The molecule has 1 aromatic rings. The Morgan fingerprint density at radius 3 is 2.74 bits per heavy atom. The molecule has 6 nitrogen and oxygen atoms in total. The van der Waals surface area contributed by atoms with E-state index in [0.29, 0.717) is 0 Å². The second-order valence-electron chi connectivity index (χ2n) is 7.35. The van der Waals surface area contributed by atoms with Crippen molar-refractivity contribution >= 4 is 5.96 Å². The summed E-state index contributed by atoms with van der Waals surface area (Å²) < 4.78 is 11.4. The minimum atomic E-state index is 0.183. The van der Waals surface area contributed by atoms with Crippen LogP contribution in [0, 0.1) is 6.92 Å². The van der Waals surface area contributed by atoms with E-state index in [1.807, 2.05) is 20.0 Å². The van der Waals surface area contributed by atoms with Crippen LogP contribution < -0.4 is 10.6 Å². The van der Waals surface area contributed by atoms with Crippen molar-refractivity contribution in [3.05, 3.63) is 35.3 Å². The first kappa shape index (κ1) is 20.0. The number of aliphatic imine (C=N–C) groups is 1. The van der Waals surface area contributed by atoms with Crippen LogP contribution in [0.15, 0.2) is 33.2 Å². The Kier molecular flexibility index (Phi) is 7.78. The number of morpholine rings is 1. The fraction of sp³-hybridized carbons (Fsp3) is 0.667. The number of guanidine groups is 1. The first-order valence-electron chi connectivity index (χ1n) is 10.3. The van der Waals surface area contributed by atoms with Crippen molar-refractivity contribution in [3.63, 3.8) is 0 Å². The van der Waals surface area contributed by atoms with Gasteiger partial charge in [0.25, 0.3) is 0 Å². The SMILES string of the molecule is CN=C(NCCC1=CCCCC1)NCC(c1ccc(C)o1)N1CCOCC1.